The zero-order valence-corrected chi connectivity index (χ0v) is 8.04. The van der Waals surface area contributed by atoms with Crippen LogP contribution in [0.4, 0.5) is 0 Å². The highest BCUT2D eigenvalue weighted by atomic mass is 35.5. The molecule has 0 amide bonds. The first-order chi connectivity index (χ1) is 6.27. The normalized spacial score (nSPS) is 10.0. The molecule has 3 nitrogen and oxygen atoms in total. The van der Waals surface area contributed by atoms with E-state index in [4.69, 9.17) is 16.3 Å². The third-order valence-corrected chi connectivity index (χ3v) is 1.93. The number of carbonyl (C=O) groups excluding carboxylic acids is 1. The summed E-state index contributed by atoms with van der Waals surface area (Å²) in [5, 5.41) is 0.253. The second kappa shape index (κ2) is 4.94. The van der Waals surface area contributed by atoms with Crippen LogP contribution < -0.4 is 0 Å². The maximum atomic E-state index is 10.4. The number of aldehydes is 1. The molecular formula is C9H10ClNO2. The topological polar surface area (TPSA) is 39.2 Å². The van der Waals surface area contributed by atoms with Gasteiger partial charge in [0, 0.05) is 19.2 Å². The van der Waals surface area contributed by atoms with Crippen LogP contribution in [0, 0.1) is 0 Å². The third kappa shape index (κ3) is 2.79. The monoisotopic (exact) mass is 199 g/mol. The van der Waals surface area contributed by atoms with Crippen molar-refractivity contribution in [1.82, 2.24) is 4.98 Å². The van der Waals surface area contributed by atoms with Crippen molar-refractivity contribution >= 4 is 17.9 Å². The van der Waals surface area contributed by atoms with Crippen LogP contribution in [0.1, 0.15) is 16.1 Å². The number of carbonyl (C=O) groups is 1. The van der Waals surface area contributed by atoms with Gasteiger partial charge in [0.1, 0.15) is 5.15 Å². The minimum absolute atomic E-state index is 0.253. The summed E-state index contributed by atoms with van der Waals surface area (Å²) in [7, 11) is 1.63. The average molecular weight is 200 g/mol. The molecule has 0 atom stereocenters. The highest BCUT2D eigenvalue weighted by molar-refractivity contribution is 6.31. The summed E-state index contributed by atoms with van der Waals surface area (Å²) in [6.07, 6.45) is 1.39. The van der Waals surface area contributed by atoms with E-state index in [0.717, 1.165) is 5.69 Å². The summed E-state index contributed by atoms with van der Waals surface area (Å²) in [6.45, 7) is 0.601. The Morgan fingerprint density at radius 1 is 1.62 bits per heavy atom. The van der Waals surface area contributed by atoms with Crippen LogP contribution >= 0.6 is 11.6 Å². The number of halogens is 1. The largest absolute Gasteiger partial charge is 0.384 e. The Hall–Kier alpha value is -0.930. The van der Waals surface area contributed by atoms with Crippen LogP contribution in [0.15, 0.2) is 12.1 Å². The zero-order valence-electron chi connectivity index (χ0n) is 7.29. The van der Waals surface area contributed by atoms with Gasteiger partial charge in [0.2, 0.25) is 0 Å². The van der Waals surface area contributed by atoms with E-state index in [1.807, 2.05) is 0 Å². The summed E-state index contributed by atoms with van der Waals surface area (Å²) >= 11 is 5.73. The fraction of sp³-hybridized carbons (Fsp3) is 0.333. The van der Waals surface area contributed by atoms with Crippen molar-refractivity contribution in [2.75, 3.05) is 13.7 Å². The van der Waals surface area contributed by atoms with E-state index in [1.54, 1.807) is 19.2 Å². The van der Waals surface area contributed by atoms with Crippen molar-refractivity contribution < 1.29 is 9.53 Å². The van der Waals surface area contributed by atoms with E-state index in [9.17, 15) is 4.79 Å². The molecule has 0 aliphatic heterocycles. The Kier molecular flexibility index (Phi) is 3.86. The molecule has 0 aromatic carbocycles. The number of pyridine rings is 1. The molecule has 0 saturated heterocycles. The summed E-state index contributed by atoms with van der Waals surface area (Å²) in [4.78, 5) is 14.4. The third-order valence-electron chi connectivity index (χ3n) is 1.62. The van der Waals surface area contributed by atoms with Crippen LogP contribution in [0.5, 0.6) is 0 Å². The number of hydrogen-bond acceptors (Lipinski definition) is 3. The fourth-order valence-electron chi connectivity index (χ4n) is 0.916. The second-order valence-electron chi connectivity index (χ2n) is 2.54. The van der Waals surface area contributed by atoms with Gasteiger partial charge in [0.25, 0.3) is 0 Å². The molecule has 0 fully saturated rings. The van der Waals surface area contributed by atoms with Crippen molar-refractivity contribution in [3.05, 3.63) is 28.5 Å². The van der Waals surface area contributed by atoms with E-state index in [-0.39, 0.29) is 5.15 Å². The van der Waals surface area contributed by atoms with Gasteiger partial charge >= 0.3 is 0 Å². The first-order valence-corrected chi connectivity index (χ1v) is 4.25. The van der Waals surface area contributed by atoms with Gasteiger partial charge in [-0.3, -0.25) is 4.79 Å². The van der Waals surface area contributed by atoms with Crippen molar-refractivity contribution in [1.29, 1.82) is 0 Å². The summed E-state index contributed by atoms with van der Waals surface area (Å²) < 4.78 is 4.89. The Balaban J connectivity index is 2.77. The maximum Gasteiger partial charge on any atom is 0.153 e. The average Bonchev–Trinajstić information content (AvgIpc) is 2.15. The first-order valence-electron chi connectivity index (χ1n) is 3.87. The first kappa shape index (κ1) is 10.2. The van der Waals surface area contributed by atoms with Gasteiger partial charge in [-0.05, 0) is 12.1 Å². The molecule has 1 heterocycles. The number of hydrogen-bond donors (Lipinski definition) is 0. The van der Waals surface area contributed by atoms with Crippen LogP contribution in [-0.2, 0) is 11.2 Å². The van der Waals surface area contributed by atoms with E-state index < -0.39 is 0 Å². The minimum atomic E-state index is 0.253. The van der Waals surface area contributed by atoms with Crippen LogP contribution in [-0.4, -0.2) is 25.0 Å². The lowest BCUT2D eigenvalue weighted by atomic mass is 10.2. The molecule has 0 radical (unpaired) electrons. The van der Waals surface area contributed by atoms with Gasteiger partial charge in [0.15, 0.2) is 6.29 Å². The predicted octanol–water partition coefficient (Wildman–Crippen LogP) is 1.74. The molecular weight excluding hydrogens is 190 g/mol. The Labute approximate surface area is 81.7 Å². The van der Waals surface area contributed by atoms with Crippen LogP contribution in [0.3, 0.4) is 0 Å². The molecule has 1 rings (SSSR count). The molecule has 1 aromatic heterocycles. The SMILES string of the molecule is COCCc1ccc(C=O)c(Cl)n1. The molecule has 0 spiro atoms. The molecule has 4 heteroatoms. The van der Waals surface area contributed by atoms with Crippen molar-refractivity contribution in [2.45, 2.75) is 6.42 Å². The van der Waals surface area contributed by atoms with Crippen molar-refractivity contribution in [3.63, 3.8) is 0 Å². The smallest absolute Gasteiger partial charge is 0.153 e. The molecule has 0 aliphatic rings. The summed E-state index contributed by atoms with van der Waals surface area (Å²) in [5.41, 5.74) is 1.25. The Morgan fingerprint density at radius 3 is 2.92 bits per heavy atom. The van der Waals surface area contributed by atoms with Gasteiger partial charge in [0.05, 0.1) is 12.2 Å². The summed E-state index contributed by atoms with van der Waals surface area (Å²) in [6, 6.07) is 3.43. The lowest BCUT2D eigenvalue weighted by Gasteiger charge is -2.01. The molecule has 0 bridgehead atoms. The van der Waals surface area contributed by atoms with Gasteiger partial charge in [-0.1, -0.05) is 11.6 Å². The molecule has 1 aromatic rings. The van der Waals surface area contributed by atoms with Crippen molar-refractivity contribution in [2.24, 2.45) is 0 Å². The lowest BCUT2D eigenvalue weighted by Crippen LogP contribution is -1.98. The zero-order chi connectivity index (χ0) is 9.68. The standard InChI is InChI=1S/C9H10ClNO2/c1-13-5-4-8-3-2-7(6-12)9(10)11-8/h2-3,6H,4-5H2,1H3. The second-order valence-corrected chi connectivity index (χ2v) is 2.90. The van der Waals surface area contributed by atoms with E-state index >= 15 is 0 Å². The Bertz CT molecular complexity index is 302. The maximum absolute atomic E-state index is 10.4. The van der Waals surface area contributed by atoms with E-state index in [1.165, 1.54) is 0 Å². The fourth-order valence-corrected chi connectivity index (χ4v) is 1.13. The van der Waals surface area contributed by atoms with Crippen molar-refractivity contribution in [3.8, 4) is 0 Å². The van der Waals surface area contributed by atoms with Crippen LogP contribution in [0.2, 0.25) is 5.15 Å². The highest BCUT2D eigenvalue weighted by Crippen LogP contribution is 2.11. The summed E-state index contributed by atoms with van der Waals surface area (Å²) in [5.74, 6) is 0. The number of aromatic nitrogens is 1. The molecule has 13 heavy (non-hydrogen) atoms. The van der Waals surface area contributed by atoms with Gasteiger partial charge < -0.3 is 4.74 Å². The number of nitrogens with zero attached hydrogens (tertiary/aromatic N) is 1. The van der Waals surface area contributed by atoms with Gasteiger partial charge in [-0.2, -0.15) is 0 Å². The quantitative estimate of drug-likeness (QED) is 0.548. The molecule has 0 saturated carbocycles. The predicted molar refractivity (Wildman–Crippen MR) is 50.2 cm³/mol. The molecule has 0 N–H and O–H groups in total. The number of ether oxygens (including phenoxy) is 1. The van der Waals surface area contributed by atoms with E-state index in [2.05, 4.69) is 4.98 Å². The van der Waals surface area contributed by atoms with Crippen LogP contribution in [0.25, 0.3) is 0 Å². The highest BCUT2D eigenvalue weighted by Gasteiger charge is 2.01. The van der Waals surface area contributed by atoms with E-state index in [0.29, 0.717) is 24.9 Å². The molecule has 0 aliphatic carbocycles. The number of rotatable bonds is 4. The van der Waals surface area contributed by atoms with Gasteiger partial charge in [-0.15, -0.1) is 0 Å². The minimum Gasteiger partial charge on any atom is -0.384 e. The lowest BCUT2D eigenvalue weighted by molar-refractivity contribution is 0.112. The molecule has 0 unspecified atom stereocenters. The number of methoxy groups -OCH3 is 1. The Morgan fingerprint density at radius 2 is 2.38 bits per heavy atom. The van der Waals surface area contributed by atoms with Gasteiger partial charge in [-0.25, -0.2) is 4.98 Å². The molecule has 70 valence electrons.